The minimum Gasteiger partial charge on any atom is -0.351 e. The van der Waals surface area contributed by atoms with E-state index < -0.39 is 23.7 Å². The van der Waals surface area contributed by atoms with Crippen molar-refractivity contribution in [3.63, 3.8) is 0 Å². The zero-order chi connectivity index (χ0) is 27.6. The van der Waals surface area contributed by atoms with Gasteiger partial charge in [-0.25, -0.2) is 4.39 Å². The molecule has 1 unspecified atom stereocenters. The van der Waals surface area contributed by atoms with Gasteiger partial charge >= 0.3 is 0 Å². The summed E-state index contributed by atoms with van der Waals surface area (Å²) in [6.45, 7) is -0.329. The van der Waals surface area contributed by atoms with E-state index in [0.717, 1.165) is 60.1 Å². The summed E-state index contributed by atoms with van der Waals surface area (Å²) < 4.78 is 13.9. The SMILES string of the molecule is O=C1CN(C(C(=O)NC2CCCCC2)c2ccc(-c3ccc4ccccc4c3)cc2)C(=O)c2ccc(F)cc2N1. The maximum atomic E-state index is 13.9. The van der Waals surface area contributed by atoms with Crippen LogP contribution in [0, 0.1) is 5.82 Å². The van der Waals surface area contributed by atoms with Crippen LogP contribution in [0.1, 0.15) is 54.1 Å². The average molecular weight is 536 g/mol. The van der Waals surface area contributed by atoms with E-state index >= 15 is 0 Å². The van der Waals surface area contributed by atoms with Crippen molar-refractivity contribution < 1.29 is 18.8 Å². The second kappa shape index (κ2) is 10.9. The van der Waals surface area contributed by atoms with Crippen molar-refractivity contribution in [2.75, 3.05) is 11.9 Å². The van der Waals surface area contributed by atoms with E-state index in [2.05, 4.69) is 41.0 Å². The van der Waals surface area contributed by atoms with Gasteiger partial charge in [-0.3, -0.25) is 14.4 Å². The molecule has 1 saturated carbocycles. The van der Waals surface area contributed by atoms with Crippen molar-refractivity contribution in [1.82, 2.24) is 10.2 Å². The Kier molecular flexibility index (Phi) is 7.03. The van der Waals surface area contributed by atoms with Crippen LogP contribution in [0.2, 0.25) is 0 Å². The van der Waals surface area contributed by atoms with Gasteiger partial charge in [0.1, 0.15) is 18.4 Å². The van der Waals surface area contributed by atoms with E-state index in [9.17, 15) is 18.8 Å². The third kappa shape index (κ3) is 5.19. The Hall–Kier alpha value is -4.52. The summed E-state index contributed by atoms with van der Waals surface area (Å²) in [6, 6.07) is 24.6. The number of nitrogens with one attached hydrogen (secondary N) is 2. The van der Waals surface area contributed by atoms with Crippen LogP contribution >= 0.6 is 0 Å². The number of hydrogen-bond acceptors (Lipinski definition) is 3. The molecule has 4 aromatic carbocycles. The molecule has 4 aromatic rings. The molecule has 0 aromatic heterocycles. The first-order valence-electron chi connectivity index (χ1n) is 13.8. The quantitative estimate of drug-likeness (QED) is 0.318. The third-order valence-corrected chi connectivity index (χ3v) is 7.88. The van der Waals surface area contributed by atoms with Crippen LogP contribution in [-0.2, 0) is 9.59 Å². The van der Waals surface area contributed by atoms with Crippen LogP contribution in [-0.4, -0.2) is 35.2 Å². The first-order chi connectivity index (χ1) is 19.5. The van der Waals surface area contributed by atoms with Crippen molar-refractivity contribution >= 4 is 34.2 Å². The Labute approximate surface area is 232 Å². The summed E-state index contributed by atoms with van der Waals surface area (Å²) in [5.41, 5.74) is 2.87. The number of hydrogen-bond donors (Lipinski definition) is 2. The average Bonchev–Trinajstić information content (AvgIpc) is 3.08. The monoisotopic (exact) mass is 535 g/mol. The van der Waals surface area contributed by atoms with Gasteiger partial charge in [-0.05, 0) is 64.6 Å². The van der Waals surface area contributed by atoms with E-state index in [1.54, 1.807) is 0 Å². The summed E-state index contributed by atoms with van der Waals surface area (Å²) in [7, 11) is 0. The van der Waals surface area contributed by atoms with Gasteiger partial charge in [-0.2, -0.15) is 0 Å². The largest absolute Gasteiger partial charge is 0.351 e. The van der Waals surface area contributed by atoms with Crippen molar-refractivity contribution in [2.24, 2.45) is 0 Å². The molecule has 1 heterocycles. The van der Waals surface area contributed by atoms with Crippen LogP contribution in [0.4, 0.5) is 10.1 Å². The number of carbonyl (C=O) groups is 3. The maximum Gasteiger partial charge on any atom is 0.257 e. The van der Waals surface area contributed by atoms with Crippen LogP contribution in [0.3, 0.4) is 0 Å². The summed E-state index contributed by atoms with van der Waals surface area (Å²) in [5, 5.41) is 8.05. The molecule has 2 aliphatic rings. The molecule has 2 N–H and O–H groups in total. The standard InChI is InChI=1S/C33H30FN3O3/c34-26-16-17-28-29(19-26)36-30(38)20-37(33(28)40)31(32(39)35-27-8-2-1-3-9-27)23-13-10-22(11-14-23)25-15-12-21-6-4-5-7-24(21)18-25/h4-7,10-19,27,31H,1-3,8-9,20H2,(H,35,39)(H,36,38). The molecule has 1 aliphatic carbocycles. The Bertz CT molecular complexity index is 1590. The minimum absolute atomic E-state index is 0.0258. The van der Waals surface area contributed by atoms with Crippen LogP contribution in [0.25, 0.3) is 21.9 Å². The number of amides is 3. The fraction of sp³-hybridized carbons (Fsp3) is 0.242. The number of rotatable bonds is 5. The highest BCUT2D eigenvalue weighted by Crippen LogP contribution is 2.32. The summed E-state index contributed by atoms with van der Waals surface area (Å²) in [6.07, 6.45) is 5.00. The Morgan fingerprint density at radius 3 is 2.35 bits per heavy atom. The molecule has 1 aliphatic heterocycles. The highest BCUT2D eigenvalue weighted by molar-refractivity contribution is 6.10. The highest BCUT2D eigenvalue weighted by Gasteiger charge is 2.37. The zero-order valence-electron chi connectivity index (χ0n) is 22.0. The molecule has 0 spiro atoms. The Morgan fingerprint density at radius 2 is 1.57 bits per heavy atom. The van der Waals surface area contributed by atoms with E-state index in [-0.39, 0.29) is 29.7 Å². The molecule has 0 bridgehead atoms. The molecule has 0 saturated heterocycles. The van der Waals surface area contributed by atoms with Crippen LogP contribution in [0.15, 0.2) is 84.9 Å². The number of carbonyl (C=O) groups excluding carboxylic acids is 3. The van der Waals surface area contributed by atoms with Gasteiger partial charge in [0.05, 0.1) is 11.3 Å². The third-order valence-electron chi connectivity index (χ3n) is 7.88. The van der Waals surface area contributed by atoms with Gasteiger partial charge in [0, 0.05) is 6.04 Å². The van der Waals surface area contributed by atoms with Gasteiger partial charge < -0.3 is 15.5 Å². The zero-order valence-corrected chi connectivity index (χ0v) is 22.0. The van der Waals surface area contributed by atoms with Gasteiger partial charge in [-0.1, -0.05) is 79.9 Å². The smallest absolute Gasteiger partial charge is 0.257 e. The second-order valence-corrected chi connectivity index (χ2v) is 10.6. The number of nitrogens with zero attached hydrogens (tertiary/aromatic N) is 1. The van der Waals surface area contributed by atoms with Crippen molar-refractivity contribution in [1.29, 1.82) is 0 Å². The molecule has 1 fully saturated rings. The normalized spacial score (nSPS) is 16.7. The van der Waals surface area contributed by atoms with E-state index in [0.29, 0.717) is 5.56 Å². The predicted molar refractivity (Wildman–Crippen MR) is 153 cm³/mol. The molecule has 3 amide bonds. The van der Waals surface area contributed by atoms with Gasteiger partial charge in [0.2, 0.25) is 11.8 Å². The number of halogens is 1. The number of fused-ring (bicyclic) bond motifs is 2. The van der Waals surface area contributed by atoms with Gasteiger partial charge in [0.15, 0.2) is 0 Å². The van der Waals surface area contributed by atoms with Crippen molar-refractivity contribution in [3.05, 3.63) is 102 Å². The molecule has 0 radical (unpaired) electrons. The molecule has 40 heavy (non-hydrogen) atoms. The molecular weight excluding hydrogens is 505 g/mol. The van der Waals surface area contributed by atoms with Crippen LogP contribution < -0.4 is 10.6 Å². The first-order valence-corrected chi connectivity index (χ1v) is 13.8. The van der Waals surface area contributed by atoms with Crippen LogP contribution in [0.5, 0.6) is 0 Å². The second-order valence-electron chi connectivity index (χ2n) is 10.6. The molecular formula is C33H30FN3O3. The topological polar surface area (TPSA) is 78.5 Å². The maximum absolute atomic E-state index is 13.9. The lowest BCUT2D eigenvalue weighted by molar-refractivity contribution is -0.127. The molecule has 7 heteroatoms. The fourth-order valence-electron chi connectivity index (χ4n) is 5.81. The predicted octanol–water partition coefficient (Wildman–Crippen LogP) is 6.23. The van der Waals surface area contributed by atoms with E-state index in [4.69, 9.17) is 0 Å². The molecule has 6 nitrogen and oxygen atoms in total. The summed E-state index contributed by atoms with van der Waals surface area (Å²) >= 11 is 0. The lowest BCUT2D eigenvalue weighted by Crippen LogP contribution is -2.48. The highest BCUT2D eigenvalue weighted by atomic mass is 19.1. The molecule has 6 rings (SSSR count). The minimum atomic E-state index is -1.03. The fourth-order valence-corrected chi connectivity index (χ4v) is 5.81. The molecule has 1 atom stereocenters. The van der Waals surface area contributed by atoms with Gasteiger partial charge in [-0.15, -0.1) is 0 Å². The Morgan fingerprint density at radius 1 is 0.850 bits per heavy atom. The van der Waals surface area contributed by atoms with Crippen molar-refractivity contribution in [2.45, 2.75) is 44.2 Å². The molecule has 202 valence electrons. The van der Waals surface area contributed by atoms with Crippen molar-refractivity contribution in [3.8, 4) is 11.1 Å². The Balaban J connectivity index is 1.36. The number of benzene rings is 4. The van der Waals surface area contributed by atoms with E-state index in [1.807, 2.05) is 36.4 Å². The number of anilines is 1. The van der Waals surface area contributed by atoms with Gasteiger partial charge in [0.25, 0.3) is 5.91 Å². The summed E-state index contributed by atoms with van der Waals surface area (Å²) in [5.74, 6) is -1.87. The lowest BCUT2D eigenvalue weighted by atomic mass is 9.94. The summed E-state index contributed by atoms with van der Waals surface area (Å²) in [4.78, 5) is 41.7. The first kappa shape index (κ1) is 25.7. The van der Waals surface area contributed by atoms with E-state index in [1.165, 1.54) is 17.0 Å². The lowest BCUT2D eigenvalue weighted by Gasteiger charge is -2.32.